The third-order valence-electron chi connectivity index (χ3n) is 3.13. The van der Waals surface area contributed by atoms with Crippen molar-refractivity contribution >= 4 is 11.6 Å². The molecule has 0 heterocycles. The molecule has 1 unspecified atom stereocenters. The van der Waals surface area contributed by atoms with Crippen molar-refractivity contribution in [3.8, 4) is 0 Å². The van der Waals surface area contributed by atoms with E-state index in [2.05, 4.69) is 12.2 Å². The van der Waals surface area contributed by atoms with Crippen LogP contribution < -0.4 is 11.1 Å². The van der Waals surface area contributed by atoms with Gasteiger partial charge < -0.3 is 11.1 Å². The number of primary amides is 1. The second kappa shape index (κ2) is 4.56. The molecule has 86 valence electrons. The molecule has 1 fully saturated rings. The molecule has 1 aromatic carbocycles. The minimum Gasteiger partial charge on any atom is -0.382 e. The standard InChI is InChI=1S/C13H18N2O/c1-2-12(9-6-7-9)15-11-5-3-4-10(8-11)13(14)16/h3-5,8-9,12,15H,2,6-7H2,1H3,(H2,14,16). The average molecular weight is 218 g/mol. The third-order valence-corrected chi connectivity index (χ3v) is 3.13. The van der Waals surface area contributed by atoms with Gasteiger partial charge in [0.25, 0.3) is 0 Å². The summed E-state index contributed by atoms with van der Waals surface area (Å²) in [4.78, 5) is 11.0. The Balaban J connectivity index is 2.07. The predicted molar refractivity (Wildman–Crippen MR) is 65.4 cm³/mol. The molecule has 1 aromatic rings. The van der Waals surface area contributed by atoms with Gasteiger partial charge in [-0.05, 0) is 43.4 Å². The lowest BCUT2D eigenvalue weighted by atomic mass is 10.1. The van der Waals surface area contributed by atoms with Crippen molar-refractivity contribution in [1.29, 1.82) is 0 Å². The zero-order valence-electron chi connectivity index (χ0n) is 9.57. The fourth-order valence-corrected chi connectivity index (χ4v) is 2.03. The smallest absolute Gasteiger partial charge is 0.248 e. The fourth-order valence-electron chi connectivity index (χ4n) is 2.03. The van der Waals surface area contributed by atoms with Crippen LogP contribution in [0.25, 0.3) is 0 Å². The van der Waals surface area contributed by atoms with E-state index in [0.29, 0.717) is 11.6 Å². The lowest BCUT2D eigenvalue weighted by molar-refractivity contribution is 0.100. The molecule has 1 atom stereocenters. The third kappa shape index (κ3) is 2.54. The summed E-state index contributed by atoms with van der Waals surface area (Å²) in [7, 11) is 0. The fraction of sp³-hybridized carbons (Fsp3) is 0.462. The van der Waals surface area contributed by atoms with Gasteiger partial charge in [-0.15, -0.1) is 0 Å². The average Bonchev–Trinajstić information content (AvgIpc) is 3.10. The molecule has 0 bridgehead atoms. The summed E-state index contributed by atoms with van der Waals surface area (Å²) in [5, 5.41) is 3.48. The van der Waals surface area contributed by atoms with Crippen molar-refractivity contribution in [1.82, 2.24) is 0 Å². The molecular formula is C13H18N2O. The summed E-state index contributed by atoms with van der Waals surface area (Å²) < 4.78 is 0. The van der Waals surface area contributed by atoms with Crippen LogP contribution in [0.3, 0.4) is 0 Å². The highest BCUT2D eigenvalue weighted by Gasteiger charge is 2.29. The van der Waals surface area contributed by atoms with E-state index < -0.39 is 0 Å². The van der Waals surface area contributed by atoms with E-state index in [9.17, 15) is 4.79 Å². The van der Waals surface area contributed by atoms with Gasteiger partial charge in [-0.1, -0.05) is 13.0 Å². The van der Waals surface area contributed by atoms with E-state index in [1.807, 2.05) is 18.2 Å². The Hall–Kier alpha value is -1.51. The number of carbonyl (C=O) groups excluding carboxylic acids is 1. The molecular weight excluding hydrogens is 200 g/mol. The molecule has 16 heavy (non-hydrogen) atoms. The first-order valence-electron chi connectivity index (χ1n) is 5.87. The van der Waals surface area contributed by atoms with Crippen LogP contribution in [0.5, 0.6) is 0 Å². The van der Waals surface area contributed by atoms with Gasteiger partial charge in [0.05, 0.1) is 0 Å². The highest BCUT2D eigenvalue weighted by Crippen LogP contribution is 2.35. The zero-order chi connectivity index (χ0) is 11.5. The predicted octanol–water partition coefficient (Wildman–Crippen LogP) is 2.39. The Kier molecular flexibility index (Phi) is 3.13. The van der Waals surface area contributed by atoms with E-state index in [4.69, 9.17) is 5.73 Å². The van der Waals surface area contributed by atoms with Crippen molar-refractivity contribution in [3.63, 3.8) is 0 Å². The van der Waals surface area contributed by atoms with Gasteiger partial charge in [-0.3, -0.25) is 4.79 Å². The number of nitrogens with one attached hydrogen (secondary N) is 1. The topological polar surface area (TPSA) is 55.1 Å². The summed E-state index contributed by atoms with van der Waals surface area (Å²) >= 11 is 0. The Morgan fingerprint density at radius 3 is 2.88 bits per heavy atom. The first kappa shape index (κ1) is 11.0. The minimum atomic E-state index is -0.372. The molecule has 3 heteroatoms. The van der Waals surface area contributed by atoms with Gasteiger partial charge in [-0.2, -0.15) is 0 Å². The molecule has 0 saturated heterocycles. The largest absolute Gasteiger partial charge is 0.382 e. The number of carbonyl (C=O) groups is 1. The molecule has 0 spiro atoms. The van der Waals surface area contributed by atoms with Crippen LogP contribution in [0.1, 0.15) is 36.5 Å². The summed E-state index contributed by atoms with van der Waals surface area (Å²) in [5.41, 5.74) is 6.81. The van der Waals surface area contributed by atoms with Crippen molar-refractivity contribution in [2.24, 2.45) is 11.7 Å². The Morgan fingerprint density at radius 1 is 1.56 bits per heavy atom. The molecule has 3 nitrogen and oxygen atoms in total. The van der Waals surface area contributed by atoms with Gasteiger partial charge >= 0.3 is 0 Å². The van der Waals surface area contributed by atoms with E-state index in [0.717, 1.165) is 18.0 Å². The van der Waals surface area contributed by atoms with Crippen LogP contribution in [-0.4, -0.2) is 11.9 Å². The summed E-state index contributed by atoms with van der Waals surface area (Å²) in [6.45, 7) is 2.19. The van der Waals surface area contributed by atoms with Crippen LogP contribution in [0.15, 0.2) is 24.3 Å². The number of nitrogens with two attached hydrogens (primary N) is 1. The number of hydrogen-bond acceptors (Lipinski definition) is 2. The second-order valence-electron chi connectivity index (χ2n) is 4.44. The number of benzene rings is 1. The number of hydrogen-bond donors (Lipinski definition) is 2. The van der Waals surface area contributed by atoms with Gasteiger partial charge in [0.15, 0.2) is 0 Å². The van der Waals surface area contributed by atoms with E-state index >= 15 is 0 Å². The Morgan fingerprint density at radius 2 is 2.31 bits per heavy atom. The van der Waals surface area contributed by atoms with E-state index in [1.54, 1.807) is 6.07 Å². The van der Waals surface area contributed by atoms with Crippen LogP contribution in [-0.2, 0) is 0 Å². The quantitative estimate of drug-likeness (QED) is 0.797. The van der Waals surface area contributed by atoms with Crippen molar-refractivity contribution in [2.45, 2.75) is 32.2 Å². The highest BCUT2D eigenvalue weighted by atomic mass is 16.1. The number of amides is 1. The van der Waals surface area contributed by atoms with Crippen molar-refractivity contribution < 1.29 is 4.79 Å². The molecule has 0 aliphatic heterocycles. The zero-order valence-corrected chi connectivity index (χ0v) is 9.57. The van der Waals surface area contributed by atoms with Crippen LogP contribution in [0.4, 0.5) is 5.69 Å². The molecule has 2 rings (SSSR count). The SMILES string of the molecule is CCC(Nc1cccc(C(N)=O)c1)C1CC1. The molecule has 3 N–H and O–H groups in total. The van der Waals surface area contributed by atoms with Crippen LogP contribution in [0.2, 0.25) is 0 Å². The molecule has 0 radical (unpaired) electrons. The highest BCUT2D eigenvalue weighted by molar-refractivity contribution is 5.93. The van der Waals surface area contributed by atoms with E-state index in [1.165, 1.54) is 12.8 Å². The van der Waals surface area contributed by atoms with Gasteiger partial charge in [0.1, 0.15) is 0 Å². The molecule has 1 aliphatic carbocycles. The lowest BCUT2D eigenvalue weighted by Gasteiger charge is -2.17. The maximum absolute atomic E-state index is 11.0. The monoisotopic (exact) mass is 218 g/mol. The molecule has 1 aliphatic rings. The maximum atomic E-state index is 11.0. The van der Waals surface area contributed by atoms with Crippen LogP contribution >= 0.6 is 0 Å². The molecule has 1 saturated carbocycles. The lowest BCUT2D eigenvalue weighted by Crippen LogP contribution is -2.21. The first-order valence-corrected chi connectivity index (χ1v) is 5.87. The van der Waals surface area contributed by atoms with Crippen molar-refractivity contribution in [3.05, 3.63) is 29.8 Å². The van der Waals surface area contributed by atoms with Gasteiger partial charge in [-0.25, -0.2) is 0 Å². The number of rotatable bonds is 5. The first-order chi connectivity index (χ1) is 7.70. The summed E-state index contributed by atoms with van der Waals surface area (Å²) in [6, 6.07) is 7.95. The normalized spacial score (nSPS) is 16.8. The Labute approximate surface area is 96.0 Å². The maximum Gasteiger partial charge on any atom is 0.248 e. The molecule has 1 amide bonds. The molecule has 0 aromatic heterocycles. The van der Waals surface area contributed by atoms with E-state index in [-0.39, 0.29) is 5.91 Å². The second-order valence-corrected chi connectivity index (χ2v) is 4.44. The minimum absolute atomic E-state index is 0.372. The van der Waals surface area contributed by atoms with Gasteiger partial charge in [0, 0.05) is 17.3 Å². The van der Waals surface area contributed by atoms with Crippen LogP contribution in [0, 0.1) is 5.92 Å². The summed E-state index contributed by atoms with van der Waals surface area (Å²) in [6.07, 6.45) is 3.76. The number of anilines is 1. The van der Waals surface area contributed by atoms with Crippen molar-refractivity contribution in [2.75, 3.05) is 5.32 Å². The summed E-state index contributed by atoms with van der Waals surface area (Å²) in [5.74, 6) is 0.436. The Bertz CT molecular complexity index is 385. The van der Waals surface area contributed by atoms with Gasteiger partial charge in [0.2, 0.25) is 5.91 Å².